The molecule has 0 bridgehead atoms. The van der Waals surface area contributed by atoms with Gasteiger partial charge < -0.3 is 15.0 Å². The molecule has 0 unspecified atom stereocenters. The standard InChI is InChI=1S/C21H20F3N3O3/c22-21(23,24)15-2-4-18(25-12-15)27-7-5-13(6-8-27)9-19(28)26-16-3-1-14-10-20(29)30-17(14)11-16/h1-4,11-13H,5-10H2,(H,26,28). The minimum Gasteiger partial charge on any atom is -0.426 e. The quantitative estimate of drug-likeness (QED) is 0.603. The summed E-state index contributed by atoms with van der Waals surface area (Å²) in [5.74, 6) is 0.754. The molecule has 158 valence electrons. The average Bonchev–Trinajstić information content (AvgIpc) is 3.07. The first-order valence-corrected chi connectivity index (χ1v) is 9.69. The molecular weight excluding hydrogens is 399 g/mol. The molecule has 2 aliphatic heterocycles. The van der Waals surface area contributed by atoms with E-state index in [1.165, 1.54) is 6.07 Å². The minimum absolute atomic E-state index is 0.120. The van der Waals surface area contributed by atoms with Crippen LogP contribution in [-0.2, 0) is 22.2 Å². The fourth-order valence-electron chi connectivity index (χ4n) is 3.77. The molecule has 6 nitrogen and oxygen atoms in total. The topological polar surface area (TPSA) is 71.5 Å². The molecule has 1 amide bonds. The average molecular weight is 419 g/mol. The van der Waals surface area contributed by atoms with E-state index in [4.69, 9.17) is 4.74 Å². The van der Waals surface area contributed by atoms with Gasteiger partial charge in [0.2, 0.25) is 5.91 Å². The number of carbonyl (C=O) groups is 2. The molecule has 1 aromatic heterocycles. The van der Waals surface area contributed by atoms with Crippen LogP contribution in [-0.4, -0.2) is 29.9 Å². The summed E-state index contributed by atoms with van der Waals surface area (Å²) >= 11 is 0. The van der Waals surface area contributed by atoms with E-state index in [2.05, 4.69) is 10.3 Å². The number of hydrogen-bond acceptors (Lipinski definition) is 5. The number of halogens is 3. The summed E-state index contributed by atoms with van der Waals surface area (Å²) in [5.41, 5.74) is 0.626. The Labute approximate surface area is 171 Å². The second-order valence-corrected chi connectivity index (χ2v) is 7.56. The summed E-state index contributed by atoms with van der Waals surface area (Å²) in [6.45, 7) is 1.26. The van der Waals surface area contributed by atoms with E-state index in [-0.39, 0.29) is 24.2 Å². The molecule has 30 heavy (non-hydrogen) atoms. The van der Waals surface area contributed by atoms with Gasteiger partial charge in [-0.1, -0.05) is 6.07 Å². The van der Waals surface area contributed by atoms with E-state index in [1.54, 1.807) is 18.2 Å². The molecule has 9 heteroatoms. The first kappa shape index (κ1) is 20.2. The van der Waals surface area contributed by atoms with Crippen LogP contribution in [0.25, 0.3) is 0 Å². The lowest BCUT2D eigenvalue weighted by Gasteiger charge is -2.32. The lowest BCUT2D eigenvalue weighted by Crippen LogP contribution is -2.35. The van der Waals surface area contributed by atoms with Crippen molar-refractivity contribution in [1.82, 2.24) is 4.98 Å². The molecule has 0 atom stereocenters. The van der Waals surface area contributed by atoms with Gasteiger partial charge in [-0.2, -0.15) is 13.2 Å². The third-order valence-electron chi connectivity index (χ3n) is 5.40. The van der Waals surface area contributed by atoms with Gasteiger partial charge in [0.15, 0.2) is 0 Å². The van der Waals surface area contributed by atoms with Crippen LogP contribution < -0.4 is 15.0 Å². The van der Waals surface area contributed by atoms with Gasteiger partial charge in [-0.3, -0.25) is 9.59 Å². The summed E-state index contributed by atoms with van der Waals surface area (Å²) in [7, 11) is 0. The van der Waals surface area contributed by atoms with Gasteiger partial charge in [0, 0.05) is 43.0 Å². The number of anilines is 2. The summed E-state index contributed by atoms with van der Waals surface area (Å²) in [5, 5.41) is 2.83. The Morgan fingerprint density at radius 1 is 1.20 bits per heavy atom. The summed E-state index contributed by atoms with van der Waals surface area (Å²) in [6.07, 6.45) is -1.45. The van der Waals surface area contributed by atoms with E-state index in [1.807, 2.05) is 4.90 Å². The Kier molecular flexibility index (Phi) is 5.36. The molecule has 0 aliphatic carbocycles. The summed E-state index contributed by atoms with van der Waals surface area (Å²) < 4.78 is 43.1. The number of aromatic nitrogens is 1. The number of pyridine rings is 1. The van der Waals surface area contributed by atoms with Gasteiger partial charge in [0.05, 0.1) is 12.0 Å². The van der Waals surface area contributed by atoms with Crippen molar-refractivity contribution in [2.24, 2.45) is 5.92 Å². The molecule has 3 heterocycles. The highest BCUT2D eigenvalue weighted by atomic mass is 19.4. The maximum absolute atomic E-state index is 12.7. The predicted octanol–water partition coefficient (Wildman–Crippen LogP) is 3.81. The molecule has 0 saturated carbocycles. The van der Waals surface area contributed by atoms with Gasteiger partial charge >= 0.3 is 12.1 Å². The van der Waals surface area contributed by atoms with Gasteiger partial charge in [0.25, 0.3) is 0 Å². The van der Waals surface area contributed by atoms with E-state index in [9.17, 15) is 22.8 Å². The molecular formula is C21H20F3N3O3. The number of fused-ring (bicyclic) bond motifs is 1. The molecule has 1 fully saturated rings. The molecule has 1 aromatic carbocycles. The van der Waals surface area contributed by atoms with Crippen molar-refractivity contribution >= 4 is 23.4 Å². The smallest absolute Gasteiger partial charge is 0.417 e. The van der Waals surface area contributed by atoms with Crippen molar-refractivity contribution in [3.63, 3.8) is 0 Å². The van der Waals surface area contributed by atoms with Crippen LogP contribution >= 0.6 is 0 Å². The van der Waals surface area contributed by atoms with Crippen LogP contribution in [0, 0.1) is 5.92 Å². The molecule has 2 aliphatic rings. The van der Waals surface area contributed by atoms with Crippen LogP contribution in [0.1, 0.15) is 30.4 Å². The fraction of sp³-hybridized carbons (Fsp3) is 0.381. The first-order chi connectivity index (χ1) is 14.3. The number of benzene rings is 1. The van der Waals surface area contributed by atoms with Crippen molar-refractivity contribution in [2.45, 2.75) is 31.9 Å². The van der Waals surface area contributed by atoms with E-state index < -0.39 is 11.7 Å². The number of nitrogens with zero attached hydrogens (tertiary/aromatic N) is 2. The SMILES string of the molecule is O=C(CC1CCN(c2ccc(C(F)(F)F)cn2)CC1)Nc1ccc2c(c1)OC(=O)C2. The lowest BCUT2D eigenvalue weighted by atomic mass is 9.93. The fourth-order valence-corrected chi connectivity index (χ4v) is 3.77. The van der Waals surface area contributed by atoms with E-state index in [0.29, 0.717) is 36.8 Å². The number of amides is 1. The Morgan fingerprint density at radius 2 is 1.97 bits per heavy atom. The van der Waals surface area contributed by atoms with Gasteiger partial charge in [0.1, 0.15) is 11.6 Å². The molecule has 0 radical (unpaired) electrons. The van der Waals surface area contributed by atoms with Crippen LogP contribution in [0.2, 0.25) is 0 Å². The Balaban J connectivity index is 1.27. The highest BCUT2D eigenvalue weighted by Crippen LogP contribution is 2.31. The van der Waals surface area contributed by atoms with Gasteiger partial charge in [-0.25, -0.2) is 4.98 Å². The van der Waals surface area contributed by atoms with Crippen molar-refractivity contribution < 1.29 is 27.5 Å². The summed E-state index contributed by atoms with van der Waals surface area (Å²) in [4.78, 5) is 29.6. The second-order valence-electron chi connectivity index (χ2n) is 7.56. The number of hydrogen-bond donors (Lipinski definition) is 1. The number of piperidine rings is 1. The zero-order valence-electron chi connectivity index (χ0n) is 16.0. The lowest BCUT2D eigenvalue weighted by molar-refractivity contribution is -0.138. The highest BCUT2D eigenvalue weighted by molar-refractivity contribution is 5.92. The maximum atomic E-state index is 12.7. The Morgan fingerprint density at radius 3 is 2.63 bits per heavy atom. The van der Waals surface area contributed by atoms with Crippen molar-refractivity contribution in [3.8, 4) is 5.75 Å². The monoisotopic (exact) mass is 419 g/mol. The van der Waals surface area contributed by atoms with Gasteiger partial charge in [-0.15, -0.1) is 0 Å². The van der Waals surface area contributed by atoms with Crippen LogP contribution in [0.15, 0.2) is 36.5 Å². The Hall–Kier alpha value is -3.10. The Bertz CT molecular complexity index is 952. The second kappa shape index (κ2) is 7.97. The molecule has 1 saturated heterocycles. The zero-order chi connectivity index (χ0) is 21.3. The number of ether oxygens (including phenoxy) is 1. The molecule has 2 aromatic rings. The van der Waals surface area contributed by atoms with E-state index in [0.717, 1.165) is 30.7 Å². The van der Waals surface area contributed by atoms with Crippen molar-refractivity contribution in [3.05, 3.63) is 47.7 Å². The molecule has 0 spiro atoms. The third-order valence-corrected chi connectivity index (χ3v) is 5.40. The third kappa shape index (κ3) is 4.55. The maximum Gasteiger partial charge on any atom is 0.417 e. The normalized spacial score (nSPS) is 16.9. The van der Waals surface area contributed by atoms with Crippen LogP contribution in [0.4, 0.5) is 24.7 Å². The van der Waals surface area contributed by atoms with Crippen molar-refractivity contribution in [2.75, 3.05) is 23.3 Å². The van der Waals surface area contributed by atoms with E-state index >= 15 is 0 Å². The largest absolute Gasteiger partial charge is 0.426 e. The molecule has 4 rings (SSSR count). The zero-order valence-corrected chi connectivity index (χ0v) is 16.0. The van der Waals surface area contributed by atoms with Crippen LogP contribution in [0.5, 0.6) is 5.75 Å². The first-order valence-electron chi connectivity index (χ1n) is 9.69. The number of alkyl halides is 3. The highest BCUT2D eigenvalue weighted by Gasteiger charge is 2.31. The van der Waals surface area contributed by atoms with Gasteiger partial charge in [-0.05, 0) is 37.0 Å². The summed E-state index contributed by atoms with van der Waals surface area (Å²) in [6, 6.07) is 7.59. The molecule has 1 N–H and O–H groups in total. The number of nitrogens with one attached hydrogen (secondary N) is 1. The minimum atomic E-state index is -4.40. The number of carbonyl (C=O) groups excluding carboxylic acids is 2. The predicted molar refractivity (Wildman–Crippen MR) is 103 cm³/mol. The van der Waals surface area contributed by atoms with Crippen molar-refractivity contribution in [1.29, 1.82) is 0 Å². The van der Waals surface area contributed by atoms with Crippen LogP contribution in [0.3, 0.4) is 0 Å². The number of rotatable bonds is 4. The number of esters is 1.